The summed E-state index contributed by atoms with van der Waals surface area (Å²) >= 11 is 0. The number of nitrogens with zero attached hydrogens (tertiary/aromatic N) is 2. The molecule has 1 aromatic heterocycles. The highest BCUT2D eigenvalue weighted by Crippen LogP contribution is 2.20. The van der Waals surface area contributed by atoms with Gasteiger partial charge in [-0.1, -0.05) is 24.3 Å². The average Bonchev–Trinajstić information content (AvgIpc) is 3.14. The van der Waals surface area contributed by atoms with Crippen molar-refractivity contribution in [1.29, 1.82) is 0 Å². The quantitative estimate of drug-likeness (QED) is 0.385. The van der Waals surface area contributed by atoms with Crippen LogP contribution in [0.3, 0.4) is 0 Å². The minimum absolute atomic E-state index is 0.181. The molecule has 0 radical (unpaired) electrons. The lowest BCUT2D eigenvalue weighted by Crippen LogP contribution is -2.17. The van der Waals surface area contributed by atoms with Crippen molar-refractivity contribution >= 4 is 23.2 Å². The summed E-state index contributed by atoms with van der Waals surface area (Å²) < 4.78 is 0. The molecule has 0 aliphatic carbocycles. The number of phenolic OH excluding ortho intramolecular Hbond substituents is 1. The molecule has 0 spiro atoms. The van der Waals surface area contributed by atoms with Gasteiger partial charge >= 0.3 is 0 Å². The monoisotopic (exact) mass is 356 g/mol. The largest absolute Gasteiger partial charge is 0.508 e. The van der Waals surface area contributed by atoms with E-state index in [4.69, 9.17) is 0 Å². The molecule has 6 nitrogen and oxygen atoms in total. The molecule has 0 atom stereocenters. The summed E-state index contributed by atoms with van der Waals surface area (Å²) in [5.41, 5.74) is 6.53. The molecule has 4 aromatic rings. The first-order valence-corrected chi connectivity index (χ1v) is 8.37. The molecule has 0 bridgehead atoms. The van der Waals surface area contributed by atoms with Gasteiger partial charge in [0.1, 0.15) is 11.6 Å². The molecule has 4 rings (SSSR count). The van der Waals surface area contributed by atoms with Gasteiger partial charge in [-0.3, -0.25) is 4.79 Å². The number of benzene rings is 3. The lowest BCUT2D eigenvalue weighted by Gasteiger charge is -2.01. The molecular formula is C21H16N4O2. The second kappa shape index (κ2) is 7.13. The predicted molar refractivity (Wildman–Crippen MR) is 105 cm³/mol. The van der Waals surface area contributed by atoms with Crippen molar-refractivity contribution in [1.82, 2.24) is 15.4 Å². The maximum Gasteiger partial charge on any atom is 0.271 e. The minimum Gasteiger partial charge on any atom is -0.508 e. The van der Waals surface area contributed by atoms with Crippen LogP contribution < -0.4 is 5.43 Å². The maximum absolute atomic E-state index is 12.2. The van der Waals surface area contributed by atoms with Gasteiger partial charge in [-0.05, 0) is 54.1 Å². The highest BCUT2D eigenvalue weighted by Gasteiger charge is 2.07. The van der Waals surface area contributed by atoms with Crippen LogP contribution in [0.2, 0.25) is 0 Å². The average molecular weight is 356 g/mol. The van der Waals surface area contributed by atoms with Gasteiger partial charge in [0.05, 0.1) is 17.2 Å². The number of carbonyl (C=O) groups excluding carboxylic acids is 1. The number of aromatic hydroxyl groups is 1. The fourth-order valence-electron chi connectivity index (χ4n) is 2.66. The van der Waals surface area contributed by atoms with E-state index in [1.807, 2.05) is 36.4 Å². The van der Waals surface area contributed by atoms with Gasteiger partial charge in [-0.2, -0.15) is 5.10 Å². The topological polar surface area (TPSA) is 90.4 Å². The van der Waals surface area contributed by atoms with Crippen LogP contribution in [0.25, 0.3) is 22.4 Å². The van der Waals surface area contributed by atoms with Crippen LogP contribution in [0.5, 0.6) is 5.75 Å². The zero-order valence-corrected chi connectivity index (χ0v) is 14.3. The highest BCUT2D eigenvalue weighted by molar-refractivity contribution is 5.95. The standard InChI is InChI=1S/C21H16N4O2/c26-17-11-5-14(6-12-17)13-22-25-21(27)16-9-7-15(8-10-16)20-23-18-3-1-2-4-19(18)24-20/h1-13,26H,(H,23,24)(H,25,27)/b22-13+. The van der Waals surface area contributed by atoms with E-state index in [-0.39, 0.29) is 11.7 Å². The Hall–Kier alpha value is -3.93. The Morgan fingerprint density at radius 1 is 1.00 bits per heavy atom. The Kier molecular flexibility index (Phi) is 4.37. The van der Waals surface area contributed by atoms with E-state index in [1.165, 1.54) is 6.21 Å². The number of fused-ring (bicyclic) bond motifs is 1. The Morgan fingerprint density at radius 3 is 2.48 bits per heavy atom. The number of rotatable bonds is 4. The summed E-state index contributed by atoms with van der Waals surface area (Å²) in [5.74, 6) is 0.635. The number of carbonyl (C=O) groups is 1. The number of para-hydroxylation sites is 2. The Balaban J connectivity index is 1.45. The molecule has 132 valence electrons. The van der Waals surface area contributed by atoms with E-state index < -0.39 is 0 Å². The van der Waals surface area contributed by atoms with E-state index in [0.29, 0.717) is 5.56 Å². The van der Waals surface area contributed by atoms with Gasteiger partial charge < -0.3 is 10.1 Å². The van der Waals surface area contributed by atoms with Crippen molar-refractivity contribution in [2.45, 2.75) is 0 Å². The van der Waals surface area contributed by atoms with Gasteiger partial charge in [-0.25, -0.2) is 10.4 Å². The number of phenols is 1. The molecular weight excluding hydrogens is 340 g/mol. The Labute approximate surface area is 155 Å². The molecule has 3 N–H and O–H groups in total. The fraction of sp³-hybridized carbons (Fsp3) is 0. The number of imidazole rings is 1. The molecule has 0 fully saturated rings. The molecule has 3 aromatic carbocycles. The molecule has 1 amide bonds. The number of aromatic nitrogens is 2. The Bertz CT molecular complexity index is 1080. The van der Waals surface area contributed by atoms with E-state index in [0.717, 1.165) is 28.0 Å². The highest BCUT2D eigenvalue weighted by atomic mass is 16.3. The molecule has 0 aliphatic heterocycles. The zero-order valence-electron chi connectivity index (χ0n) is 14.3. The molecule has 0 saturated carbocycles. The van der Waals surface area contributed by atoms with Crippen LogP contribution in [0, 0.1) is 0 Å². The van der Waals surface area contributed by atoms with Crippen molar-refractivity contribution in [3.63, 3.8) is 0 Å². The van der Waals surface area contributed by atoms with Gasteiger partial charge in [0.2, 0.25) is 0 Å². The number of H-pyrrole nitrogens is 1. The lowest BCUT2D eigenvalue weighted by atomic mass is 10.1. The van der Waals surface area contributed by atoms with Crippen molar-refractivity contribution in [3.8, 4) is 17.1 Å². The van der Waals surface area contributed by atoms with Crippen molar-refractivity contribution < 1.29 is 9.90 Å². The van der Waals surface area contributed by atoms with Crippen LogP contribution in [0.4, 0.5) is 0 Å². The predicted octanol–water partition coefficient (Wildman–Crippen LogP) is 3.70. The third-order valence-corrected chi connectivity index (χ3v) is 4.08. The number of aromatic amines is 1. The van der Waals surface area contributed by atoms with Crippen LogP contribution in [-0.2, 0) is 0 Å². The van der Waals surface area contributed by atoms with Crippen molar-refractivity contribution in [3.05, 3.63) is 83.9 Å². The number of nitrogens with one attached hydrogen (secondary N) is 2. The summed E-state index contributed by atoms with van der Waals surface area (Å²) in [6.07, 6.45) is 1.51. The molecule has 0 unspecified atom stereocenters. The normalized spacial score (nSPS) is 11.1. The lowest BCUT2D eigenvalue weighted by molar-refractivity contribution is 0.0955. The van der Waals surface area contributed by atoms with Crippen molar-refractivity contribution in [2.75, 3.05) is 0 Å². The number of hydrogen-bond acceptors (Lipinski definition) is 4. The summed E-state index contributed by atoms with van der Waals surface area (Å²) in [6.45, 7) is 0. The van der Waals surface area contributed by atoms with Crippen molar-refractivity contribution in [2.24, 2.45) is 5.10 Å². The minimum atomic E-state index is -0.304. The van der Waals surface area contributed by atoms with E-state index in [1.54, 1.807) is 36.4 Å². The summed E-state index contributed by atoms with van der Waals surface area (Å²) in [7, 11) is 0. The summed E-state index contributed by atoms with van der Waals surface area (Å²) in [6, 6.07) is 21.5. The van der Waals surface area contributed by atoms with Crippen LogP contribution in [-0.4, -0.2) is 27.2 Å². The van der Waals surface area contributed by atoms with Gasteiger partial charge in [0.25, 0.3) is 5.91 Å². The molecule has 6 heteroatoms. The van der Waals surface area contributed by atoms with Crippen LogP contribution in [0.15, 0.2) is 77.9 Å². The second-order valence-corrected chi connectivity index (χ2v) is 5.97. The van der Waals surface area contributed by atoms with Gasteiger partial charge in [-0.15, -0.1) is 0 Å². The number of hydrazone groups is 1. The maximum atomic E-state index is 12.2. The zero-order chi connectivity index (χ0) is 18.6. The number of hydrogen-bond donors (Lipinski definition) is 3. The molecule has 1 heterocycles. The SMILES string of the molecule is O=C(N/N=C/c1ccc(O)cc1)c1ccc(-c2nc3ccccc3[nH]2)cc1. The smallest absolute Gasteiger partial charge is 0.271 e. The van der Waals surface area contributed by atoms with E-state index >= 15 is 0 Å². The molecule has 0 saturated heterocycles. The third kappa shape index (κ3) is 3.69. The fourth-order valence-corrected chi connectivity index (χ4v) is 2.66. The first-order chi connectivity index (χ1) is 13.2. The van der Waals surface area contributed by atoms with E-state index in [2.05, 4.69) is 20.5 Å². The summed E-state index contributed by atoms with van der Waals surface area (Å²) in [4.78, 5) is 20.0. The third-order valence-electron chi connectivity index (χ3n) is 4.08. The molecule has 27 heavy (non-hydrogen) atoms. The first-order valence-electron chi connectivity index (χ1n) is 8.37. The van der Waals surface area contributed by atoms with Gasteiger partial charge in [0, 0.05) is 11.1 Å². The van der Waals surface area contributed by atoms with Crippen LogP contribution in [0.1, 0.15) is 15.9 Å². The van der Waals surface area contributed by atoms with Gasteiger partial charge in [0.15, 0.2) is 0 Å². The summed E-state index contributed by atoms with van der Waals surface area (Å²) in [5, 5.41) is 13.2. The van der Waals surface area contributed by atoms with E-state index in [9.17, 15) is 9.90 Å². The Morgan fingerprint density at radius 2 is 1.74 bits per heavy atom. The molecule has 0 aliphatic rings. The number of amides is 1. The second-order valence-electron chi connectivity index (χ2n) is 5.97. The van der Waals surface area contributed by atoms with Crippen LogP contribution >= 0.6 is 0 Å². The first kappa shape index (κ1) is 16.5.